The van der Waals surface area contributed by atoms with Crippen LogP contribution in [0.1, 0.15) is 18.5 Å². The second kappa shape index (κ2) is 5.98. The number of halogens is 2. The lowest BCUT2D eigenvalue weighted by Gasteiger charge is -2.08. The van der Waals surface area contributed by atoms with Crippen LogP contribution in [0.5, 0.6) is 0 Å². The maximum Gasteiger partial charge on any atom is 0.0546 e. The van der Waals surface area contributed by atoms with E-state index in [-0.39, 0.29) is 6.04 Å². The lowest BCUT2D eigenvalue weighted by molar-refractivity contribution is 0.817. The number of hydrogen-bond acceptors (Lipinski definition) is 2. The number of nitrogens with two attached hydrogens (primary N) is 1. The van der Waals surface area contributed by atoms with Crippen LogP contribution in [0, 0.1) is 0 Å². The summed E-state index contributed by atoms with van der Waals surface area (Å²) in [7, 11) is 0. The third-order valence-electron chi connectivity index (χ3n) is 2.53. The Balaban J connectivity index is 2.21. The van der Waals surface area contributed by atoms with Crippen molar-refractivity contribution in [3.63, 3.8) is 0 Å². The zero-order valence-electron chi connectivity index (χ0n) is 9.86. The van der Waals surface area contributed by atoms with Gasteiger partial charge in [-0.15, -0.1) is 0 Å². The molecule has 0 bridgehead atoms. The van der Waals surface area contributed by atoms with Crippen LogP contribution >= 0.6 is 35.0 Å². The Morgan fingerprint density at radius 2 is 1.72 bits per heavy atom. The Kier molecular flexibility index (Phi) is 4.57. The first-order valence-electron chi connectivity index (χ1n) is 5.54. The van der Waals surface area contributed by atoms with E-state index in [9.17, 15) is 0 Å². The quantitative estimate of drug-likeness (QED) is 0.846. The average Bonchev–Trinajstić information content (AvgIpc) is 2.34. The minimum Gasteiger partial charge on any atom is -0.324 e. The van der Waals surface area contributed by atoms with Crippen LogP contribution in [0.15, 0.2) is 52.3 Å². The van der Waals surface area contributed by atoms with E-state index in [0.29, 0.717) is 10.0 Å². The summed E-state index contributed by atoms with van der Waals surface area (Å²) in [5.74, 6) is 0. The zero-order valence-corrected chi connectivity index (χ0v) is 12.2. The summed E-state index contributed by atoms with van der Waals surface area (Å²) in [5, 5.41) is 1.40. The van der Waals surface area contributed by atoms with Crippen molar-refractivity contribution in [2.75, 3.05) is 0 Å². The molecule has 0 aromatic heterocycles. The fourth-order valence-corrected chi connectivity index (χ4v) is 2.87. The molecule has 1 nitrogen and oxygen atoms in total. The minimum atomic E-state index is 0.0545. The first-order valence-corrected chi connectivity index (χ1v) is 7.12. The Bertz CT molecular complexity index is 538. The van der Waals surface area contributed by atoms with Gasteiger partial charge in [0.1, 0.15) is 0 Å². The molecular weight excluding hydrogens is 285 g/mol. The molecule has 0 aliphatic heterocycles. The SMILES string of the molecule is C[C@@H](N)c1ccc(Sc2cc(Cl)ccc2Cl)cc1. The Labute approximate surface area is 121 Å². The van der Waals surface area contributed by atoms with Crippen LogP contribution in [0.3, 0.4) is 0 Å². The number of benzene rings is 2. The van der Waals surface area contributed by atoms with Crippen LogP contribution in [0.2, 0.25) is 10.0 Å². The maximum absolute atomic E-state index is 6.13. The highest BCUT2D eigenvalue weighted by Crippen LogP contribution is 2.35. The van der Waals surface area contributed by atoms with Crippen molar-refractivity contribution in [1.29, 1.82) is 0 Å². The average molecular weight is 298 g/mol. The lowest BCUT2D eigenvalue weighted by atomic mass is 10.1. The molecule has 2 rings (SSSR count). The fraction of sp³-hybridized carbons (Fsp3) is 0.143. The van der Waals surface area contributed by atoms with Crippen LogP contribution in [0.25, 0.3) is 0 Å². The smallest absolute Gasteiger partial charge is 0.0546 e. The molecule has 0 fully saturated rings. The van der Waals surface area contributed by atoms with Gasteiger partial charge in [0.05, 0.1) is 5.02 Å². The maximum atomic E-state index is 6.13. The van der Waals surface area contributed by atoms with Crippen LogP contribution < -0.4 is 5.73 Å². The second-order valence-electron chi connectivity index (χ2n) is 4.03. The minimum absolute atomic E-state index is 0.0545. The van der Waals surface area contributed by atoms with Crippen molar-refractivity contribution >= 4 is 35.0 Å². The highest BCUT2D eigenvalue weighted by Gasteiger charge is 2.05. The summed E-state index contributed by atoms with van der Waals surface area (Å²) in [4.78, 5) is 2.07. The largest absolute Gasteiger partial charge is 0.324 e. The molecule has 2 aromatic carbocycles. The molecule has 0 saturated heterocycles. The molecule has 0 aliphatic rings. The third kappa shape index (κ3) is 3.42. The lowest BCUT2D eigenvalue weighted by Crippen LogP contribution is -2.04. The Morgan fingerprint density at radius 3 is 2.33 bits per heavy atom. The highest BCUT2D eigenvalue weighted by atomic mass is 35.5. The van der Waals surface area contributed by atoms with Crippen molar-refractivity contribution in [1.82, 2.24) is 0 Å². The van der Waals surface area contributed by atoms with Gasteiger partial charge in [0, 0.05) is 20.9 Å². The molecule has 0 unspecified atom stereocenters. The summed E-state index contributed by atoms with van der Waals surface area (Å²) in [6.07, 6.45) is 0. The summed E-state index contributed by atoms with van der Waals surface area (Å²) < 4.78 is 0. The van der Waals surface area contributed by atoms with E-state index in [4.69, 9.17) is 28.9 Å². The van der Waals surface area contributed by atoms with Gasteiger partial charge in [-0.2, -0.15) is 0 Å². The van der Waals surface area contributed by atoms with Crippen LogP contribution in [-0.4, -0.2) is 0 Å². The summed E-state index contributed by atoms with van der Waals surface area (Å²) in [6.45, 7) is 1.97. The highest BCUT2D eigenvalue weighted by molar-refractivity contribution is 7.99. The molecule has 0 spiro atoms. The van der Waals surface area contributed by atoms with Crippen LogP contribution in [-0.2, 0) is 0 Å². The molecule has 4 heteroatoms. The van der Waals surface area contributed by atoms with Gasteiger partial charge in [-0.25, -0.2) is 0 Å². The molecule has 0 radical (unpaired) electrons. The topological polar surface area (TPSA) is 26.0 Å². The standard InChI is InChI=1S/C14H13Cl2NS/c1-9(17)10-2-5-12(6-3-10)18-14-8-11(15)4-7-13(14)16/h2-9H,17H2,1H3/t9-/m1/s1. The molecule has 0 aliphatic carbocycles. The number of rotatable bonds is 3. The van der Waals surface area contributed by atoms with E-state index < -0.39 is 0 Å². The molecule has 18 heavy (non-hydrogen) atoms. The molecule has 1 atom stereocenters. The van der Waals surface area contributed by atoms with Crippen molar-refractivity contribution < 1.29 is 0 Å². The van der Waals surface area contributed by atoms with Crippen molar-refractivity contribution in [3.05, 3.63) is 58.1 Å². The molecular formula is C14H13Cl2NS. The van der Waals surface area contributed by atoms with Gasteiger partial charge >= 0.3 is 0 Å². The van der Waals surface area contributed by atoms with E-state index in [1.54, 1.807) is 17.8 Å². The van der Waals surface area contributed by atoms with Crippen LogP contribution in [0.4, 0.5) is 0 Å². The van der Waals surface area contributed by atoms with Gasteiger partial charge in [-0.3, -0.25) is 0 Å². The van der Waals surface area contributed by atoms with Gasteiger partial charge in [0.25, 0.3) is 0 Å². The summed E-state index contributed by atoms with van der Waals surface area (Å²) >= 11 is 13.7. The van der Waals surface area contributed by atoms with E-state index in [0.717, 1.165) is 15.4 Å². The number of hydrogen-bond donors (Lipinski definition) is 1. The van der Waals surface area contributed by atoms with Gasteiger partial charge in [0.2, 0.25) is 0 Å². The third-order valence-corrected chi connectivity index (χ3v) is 4.27. The van der Waals surface area contributed by atoms with Gasteiger partial charge in [-0.1, -0.05) is 47.1 Å². The van der Waals surface area contributed by atoms with E-state index in [1.165, 1.54) is 0 Å². The first kappa shape index (κ1) is 13.8. The first-order chi connectivity index (χ1) is 8.56. The van der Waals surface area contributed by atoms with E-state index in [2.05, 4.69) is 0 Å². The van der Waals surface area contributed by atoms with Crippen molar-refractivity contribution in [3.8, 4) is 0 Å². The van der Waals surface area contributed by atoms with Crippen molar-refractivity contribution in [2.24, 2.45) is 5.73 Å². The van der Waals surface area contributed by atoms with Crippen molar-refractivity contribution in [2.45, 2.75) is 22.8 Å². The van der Waals surface area contributed by atoms with E-state index in [1.807, 2.05) is 43.3 Å². The fourth-order valence-electron chi connectivity index (χ4n) is 1.52. The second-order valence-corrected chi connectivity index (χ2v) is 5.99. The molecule has 0 heterocycles. The normalized spacial score (nSPS) is 12.4. The monoisotopic (exact) mass is 297 g/mol. The molecule has 0 saturated carbocycles. The molecule has 0 amide bonds. The summed E-state index contributed by atoms with van der Waals surface area (Å²) in [5.41, 5.74) is 6.94. The predicted molar refractivity (Wildman–Crippen MR) is 79.6 cm³/mol. The summed E-state index contributed by atoms with van der Waals surface area (Å²) in [6, 6.07) is 13.7. The van der Waals surface area contributed by atoms with E-state index >= 15 is 0 Å². The molecule has 2 N–H and O–H groups in total. The van der Waals surface area contributed by atoms with Gasteiger partial charge in [-0.05, 0) is 42.8 Å². The Hall–Kier alpha value is -0.670. The van der Waals surface area contributed by atoms with Gasteiger partial charge in [0.15, 0.2) is 0 Å². The predicted octanol–water partition coefficient (Wildman–Crippen LogP) is 5.16. The van der Waals surface area contributed by atoms with Gasteiger partial charge < -0.3 is 5.73 Å². The molecule has 94 valence electrons. The molecule has 2 aromatic rings. The zero-order chi connectivity index (χ0) is 13.1. The Morgan fingerprint density at radius 1 is 1.06 bits per heavy atom.